The largest absolute Gasteiger partial charge is 0.310 e. The van der Waals surface area contributed by atoms with Crippen molar-refractivity contribution in [2.24, 2.45) is 0 Å². The zero-order chi connectivity index (χ0) is 8.97. The summed E-state index contributed by atoms with van der Waals surface area (Å²) in [7, 11) is 0. The fourth-order valence-electron chi connectivity index (χ4n) is 1.20. The van der Waals surface area contributed by atoms with Crippen molar-refractivity contribution in [1.29, 1.82) is 5.41 Å². The molecule has 64 valence electrons. The average molecular weight is 161 g/mol. The average Bonchev–Trinajstić information content (AvgIpc) is 2.01. The fraction of sp³-hybridized carbons (Fsp3) is 0.364. The van der Waals surface area contributed by atoms with Gasteiger partial charge in [-0.05, 0) is 32.3 Å². The van der Waals surface area contributed by atoms with Gasteiger partial charge in [-0.2, -0.15) is 0 Å². The van der Waals surface area contributed by atoms with Crippen LogP contribution >= 0.6 is 0 Å². The van der Waals surface area contributed by atoms with E-state index in [0.717, 1.165) is 18.6 Å². The third-order valence-electron chi connectivity index (χ3n) is 1.87. The molecule has 0 spiro atoms. The van der Waals surface area contributed by atoms with Crippen LogP contribution in [0, 0.1) is 12.3 Å². The van der Waals surface area contributed by atoms with Crippen molar-refractivity contribution in [2.45, 2.75) is 26.7 Å². The van der Waals surface area contributed by atoms with Gasteiger partial charge >= 0.3 is 0 Å². The lowest BCUT2D eigenvalue weighted by molar-refractivity contribution is 1.02. The number of benzene rings is 1. The molecular formula is C11H15N. The summed E-state index contributed by atoms with van der Waals surface area (Å²) in [6, 6.07) is 8.48. The lowest BCUT2D eigenvalue weighted by Gasteiger charge is -2.00. The van der Waals surface area contributed by atoms with Crippen LogP contribution in [0.5, 0.6) is 0 Å². The Morgan fingerprint density at radius 2 is 2.17 bits per heavy atom. The van der Waals surface area contributed by atoms with Gasteiger partial charge in [-0.1, -0.05) is 29.8 Å². The fourth-order valence-corrected chi connectivity index (χ4v) is 1.20. The monoisotopic (exact) mass is 161 g/mol. The third-order valence-corrected chi connectivity index (χ3v) is 1.87. The molecule has 1 aromatic carbocycles. The molecule has 1 rings (SSSR count). The smallest absolute Gasteiger partial charge is 0.00615 e. The molecule has 0 atom stereocenters. The number of aryl methyl sites for hydroxylation is 2. The van der Waals surface area contributed by atoms with E-state index in [1.807, 2.05) is 6.92 Å². The molecule has 1 nitrogen and oxygen atoms in total. The van der Waals surface area contributed by atoms with Crippen molar-refractivity contribution in [1.82, 2.24) is 0 Å². The molecule has 1 N–H and O–H groups in total. The molecule has 0 aliphatic heterocycles. The minimum Gasteiger partial charge on any atom is -0.310 e. The number of rotatable bonds is 3. The number of nitrogens with one attached hydrogen (secondary N) is 1. The van der Waals surface area contributed by atoms with Crippen molar-refractivity contribution in [3.8, 4) is 0 Å². The molecule has 0 fully saturated rings. The van der Waals surface area contributed by atoms with E-state index in [9.17, 15) is 0 Å². The lowest BCUT2D eigenvalue weighted by Crippen LogP contribution is -1.93. The highest BCUT2D eigenvalue weighted by atomic mass is 14.4. The molecular weight excluding hydrogens is 146 g/mol. The Morgan fingerprint density at radius 1 is 1.42 bits per heavy atom. The summed E-state index contributed by atoms with van der Waals surface area (Å²) >= 11 is 0. The van der Waals surface area contributed by atoms with Gasteiger partial charge in [0.15, 0.2) is 0 Å². The van der Waals surface area contributed by atoms with Gasteiger partial charge in [-0.3, -0.25) is 0 Å². The maximum absolute atomic E-state index is 7.30. The van der Waals surface area contributed by atoms with Crippen LogP contribution in [0.1, 0.15) is 24.5 Å². The van der Waals surface area contributed by atoms with E-state index < -0.39 is 0 Å². The summed E-state index contributed by atoms with van der Waals surface area (Å²) in [4.78, 5) is 0. The molecule has 12 heavy (non-hydrogen) atoms. The van der Waals surface area contributed by atoms with E-state index in [0.29, 0.717) is 0 Å². The van der Waals surface area contributed by atoms with Crippen molar-refractivity contribution < 1.29 is 0 Å². The molecule has 0 aliphatic carbocycles. The quantitative estimate of drug-likeness (QED) is 0.659. The van der Waals surface area contributed by atoms with E-state index in [-0.39, 0.29) is 0 Å². The summed E-state index contributed by atoms with van der Waals surface area (Å²) < 4.78 is 0. The van der Waals surface area contributed by atoms with Gasteiger partial charge in [0.05, 0.1) is 0 Å². The molecule has 1 aromatic rings. The molecule has 0 radical (unpaired) electrons. The van der Waals surface area contributed by atoms with E-state index in [4.69, 9.17) is 5.41 Å². The van der Waals surface area contributed by atoms with Gasteiger partial charge in [-0.15, -0.1) is 0 Å². The highest BCUT2D eigenvalue weighted by Gasteiger charge is 1.93. The summed E-state index contributed by atoms with van der Waals surface area (Å²) in [5.74, 6) is 0. The minimum absolute atomic E-state index is 0.761. The Balaban J connectivity index is 2.57. The molecule has 0 aromatic heterocycles. The molecule has 1 heteroatoms. The standard InChI is InChI=1S/C11H15N/c1-9-4-3-5-11(8-9)7-6-10(2)12/h3-5,8,12H,6-7H2,1-2H3. The second-order valence-electron chi connectivity index (χ2n) is 3.27. The number of hydrogen-bond donors (Lipinski definition) is 1. The van der Waals surface area contributed by atoms with Crippen LogP contribution in [-0.4, -0.2) is 5.71 Å². The molecule has 0 saturated heterocycles. The van der Waals surface area contributed by atoms with Crippen LogP contribution in [0.15, 0.2) is 24.3 Å². The first-order chi connectivity index (χ1) is 5.68. The van der Waals surface area contributed by atoms with Gasteiger partial charge in [0.25, 0.3) is 0 Å². The summed E-state index contributed by atoms with van der Waals surface area (Å²) in [6.07, 6.45) is 1.88. The topological polar surface area (TPSA) is 23.9 Å². The molecule has 0 amide bonds. The Hall–Kier alpha value is -1.11. The molecule has 0 bridgehead atoms. The Morgan fingerprint density at radius 3 is 2.75 bits per heavy atom. The highest BCUT2D eigenvalue weighted by Crippen LogP contribution is 2.06. The zero-order valence-corrected chi connectivity index (χ0v) is 7.72. The van der Waals surface area contributed by atoms with Gasteiger partial charge in [0, 0.05) is 5.71 Å². The first-order valence-electron chi connectivity index (χ1n) is 4.28. The van der Waals surface area contributed by atoms with Crippen molar-refractivity contribution in [3.05, 3.63) is 35.4 Å². The SMILES string of the molecule is CC(=N)CCc1cccc(C)c1. The third kappa shape index (κ3) is 2.87. The lowest BCUT2D eigenvalue weighted by atomic mass is 10.1. The van der Waals surface area contributed by atoms with Crippen LogP contribution in [-0.2, 0) is 6.42 Å². The van der Waals surface area contributed by atoms with E-state index in [1.54, 1.807) is 0 Å². The highest BCUT2D eigenvalue weighted by molar-refractivity contribution is 5.78. The maximum Gasteiger partial charge on any atom is 0.00615 e. The van der Waals surface area contributed by atoms with Gasteiger partial charge in [0.1, 0.15) is 0 Å². The second-order valence-corrected chi connectivity index (χ2v) is 3.27. The van der Waals surface area contributed by atoms with Gasteiger partial charge < -0.3 is 5.41 Å². The molecule has 0 saturated carbocycles. The van der Waals surface area contributed by atoms with Crippen LogP contribution in [0.2, 0.25) is 0 Å². The summed E-state index contributed by atoms with van der Waals surface area (Å²) in [5.41, 5.74) is 3.40. The van der Waals surface area contributed by atoms with E-state index in [2.05, 4.69) is 31.2 Å². The minimum atomic E-state index is 0.761. The van der Waals surface area contributed by atoms with Crippen LogP contribution in [0.3, 0.4) is 0 Å². The van der Waals surface area contributed by atoms with Crippen LogP contribution in [0.25, 0.3) is 0 Å². The van der Waals surface area contributed by atoms with E-state index >= 15 is 0 Å². The predicted molar refractivity (Wildman–Crippen MR) is 52.9 cm³/mol. The van der Waals surface area contributed by atoms with Crippen molar-refractivity contribution in [2.75, 3.05) is 0 Å². The Bertz CT molecular complexity index is 276. The zero-order valence-electron chi connectivity index (χ0n) is 7.72. The summed E-state index contributed by atoms with van der Waals surface area (Å²) in [5, 5.41) is 7.30. The normalized spacial score (nSPS) is 9.83. The van der Waals surface area contributed by atoms with Crippen molar-refractivity contribution >= 4 is 5.71 Å². The second kappa shape index (κ2) is 4.05. The number of hydrogen-bond acceptors (Lipinski definition) is 1. The van der Waals surface area contributed by atoms with Crippen LogP contribution < -0.4 is 0 Å². The summed E-state index contributed by atoms with van der Waals surface area (Å²) in [6.45, 7) is 3.95. The Kier molecular flexibility index (Phi) is 3.03. The molecule has 0 unspecified atom stereocenters. The van der Waals surface area contributed by atoms with Crippen molar-refractivity contribution in [3.63, 3.8) is 0 Å². The van der Waals surface area contributed by atoms with Gasteiger partial charge in [0.2, 0.25) is 0 Å². The predicted octanol–water partition coefficient (Wildman–Crippen LogP) is 2.97. The first-order valence-corrected chi connectivity index (χ1v) is 4.28. The molecule has 0 aliphatic rings. The first kappa shape index (κ1) is 8.98. The Labute approximate surface area is 73.9 Å². The van der Waals surface area contributed by atoms with Crippen LogP contribution in [0.4, 0.5) is 0 Å². The maximum atomic E-state index is 7.30. The van der Waals surface area contributed by atoms with Gasteiger partial charge in [-0.25, -0.2) is 0 Å². The molecule has 0 heterocycles. The van der Waals surface area contributed by atoms with E-state index in [1.165, 1.54) is 11.1 Å².